The molecule has 0 spiro atoms. The second kappa shape index (κ2) is 6.78. The van der Waals surface area contributed by atoms with Crippen LogP contribution in [0.1, 0.15) is 32.2 Å². The average molecular weight is 345 g/mol. The number of alkyl halides is 3. The van der Waals surface area contributed by atoms with Gasteiger partial charge in [0.25, 0.3) is 0 Å². The maximum atomic E-state index is 13.6. The quantitative estimate of drug-likeness (QED) is 0.818. The second-order valence-corrected chi connectivity index (χ2v) is 6.00. The van der Waals surface area contributed by atoms with Crippen LogP contribution in [0.5, 0.6) is 0 Å². The van der Waals surface area contributed by atoms with Gasteiger partial charge in [0.1, 0.15) is 11.3 Å². The Labute approximate surface area is 136 Å². The SMILES string of the molecule is FC1CCCC(Nc2cc(Cl)ncc2-c2ccn(C(F)F)n2)C1. The molecule has 2 atom stereocenters. The molecule has 0 aromatic carbocycles. The molecule has 0 saturated heterocycles. The number of nitrogens with one attached hydrogen (secondary N) is 1. The monoisotopic (exact) mass is 344 g/mol. The van der Waals surface area contributed by atoms with Gasteiger partial charge in [-0.3, -0.25) is 0 Å². The lowest BCUT2D eigenvalue weighted by Gasteiger charge is -2.27. The first-order chi connectivity index (χ1) is 11.0. The van der Waals surface area contributed by atoms with Crippen LogP contribution in [0.15, 0.2) is 24.5 Å². The summed E-state index contributed by atoms with van der Waals surface area (Å²) < 4.78 is 39.5. The summed E-state index contributed by atoms with van der Waals surface area (Å²) in [7, 11) is 0. The van der Waals surface area contributed by atoms with E-state index >= 15 is 0 Å². The van der Waals surface area contributed by atoms with Crippen LogP contribution < -0.4 is 5.32 Å². The van der Waals surface area contributed by atoms with Crippen LogP contribution in [0.25, 0.3) is 11.3 Å². The van der Waals surface area contributed by atoms with Crippen molar-refractivity contribution in [2.75, 3.05) is 5.32 Å². The Morgan fingerprint density at radius 2 is 2.17 bits per heavy atom. The molecule has 1 fully saturated rings. The number of aromatic nitrogens is 3. The van der Waals surface area contributed by atoms with Crippen molar-refractivity contribution in [1.82, 2.24) is 14.8 Å². The summed E-state index contributed by atoms with van der Waals surface area (Å²) in [5.41, 5.74) is 1.56. The molecule has 0 amide bonds. The van der Waals surface area contributed by atoms with Crippen molar-refractivity contribution in [3.63, 3.8) is 0 Å². The maximum absolute atomic E-state index is 13.6. The van der Waals surface area contributed by atoms with E-state index in [1.165, 1.54) is 18.5 Å². The third-order valence-electron chi connectivity index (χ3n) is 3.92. The van der Waals surface area contributed by atoms with Gasteiger partial charge in [0.15, 0.2) is 0 Å². The zero-order valence-corrected chi connectivity index (χ0v) is 13.0. The van der Waals surface area contributed by atoms with E-state index in [0.717, 1.165) is 12.8 Å². The van der Waals surface area contributed by atoms with Crippen LogP contribution in [0.3, 0.4) is 0 Å². The Kier molecular flexibility index (Phi) is 4.75. The summed E-state index contributed by atoms with van der Waals surface area (Å²) in [6, 6.07) is 3.08. The van der Waals surface area contributed by atoms with E-state index in [0.29, 0.717) is 34.5 Å². The molecule has 1 aliphatic carbocycles. The third-order valence-corrected chi connectivity index (χ3v) is 4.13. The van der Waals surface area contributed by atoms with Gasteiger partial charge in [-0.2, -0.15) is 13.9 Å². The van der Waals surface area contributed by atoms with Gasteiger partial charge in [-0.15, -0.1) is 0 Å². The third kappa shape index (κ3) is 3.77. The van der Waals surface area contributed by atoms with E-state index in [9.17, 15) is 13.2 Å². The summed E-state index contributed by atoms with van der Waals surface area (Å²) in [5.74, 6) is 0. The molecule has 8 heteroatoms. The van der Waals surface area contributed by atoms with Crippen molar-refractivity contribution in [3.05, 3.63) is 29.7 Å². The van der Waals surface area contributed by atoms with Gasteiger partial charge < -0.3 is 5.32 Å². The highest BCUT2D eigenvalue weighted by molar-refractivity contribution is 6.29. The van der Waals surface area contributed by atoms with Crippen molar-refractivity contribution in [2.45, 2.75) is 44.4 Å². The number of nitrogens with zero attached hydrogens (tertiary/aromatic N) is 3. The highest BCUT2D eigenvalue weighted by Crippen LogP contribution is 2.32. The molecule has 0 radical (unpaired) electrons. The maximum Gasteiger partial charge on any atom is 0.333 e. The van der Waals surface area contributed by atoms with Gasteiger partial charge in [0.05, 0.1) is 5.69 Å². The summed E-state index contributed by atoms with van der Waals surface area (Å²) in [6.45, 7) is -2.70. The predicted molar refractivity (Wildman–Crippen MR) is 82.5 cm³/mol. The normalized spacial score (nSPS) is 21.6. The molecule has 23 heavy (non-hydrogen) atoms. The van der Waals surface area contributed by atoms with Crippen molar-refractivity contribution in [2.24, 2.45) is 0 Å². The predicted octanol–water partition coefficient (Wildman–Crippen LogP) is 4.69. The molecule has 1 saturated carbocycles. The van der Waals surface area contributed by atoms with Crippen molar-refractivity contribution >= 4 is 17.3 Å². The van der Waals surface area contributed by atoms with Crippen LogP contribution >= 0.6 is 11.6 Å². The summed E-state index contributed by atoms with van der Waals surface area (Å²) in [5, 5.41) is 7.38. The molecule has 124 valence electrons. The summed E-state index contributed by atoms with van der Waals surface area (Å²) in [6.07, 6.45) is 4.54. The van der Waals surface area contributed by atoms with E-state index in [2.05, 4.69) is 15.4 Å². The Morgan fingerprint density at radius 3 is 2.87 bits per heavy atom. The molecule has 1 N–H and O–H groups in total. The minimum atomic E-state index is -2.70. The van der Waals surface area contributed by atoms with Crippen LogP contribution in [0, 0.1) is 0 Å². The Morgan fingerprint density at radius 1 is 1.35 bits per heavy atom. The minimum Gasteiger partial charge on any atom is -0.382 e. The van der Waals surface area contributed by atoms with Crippen LogP contribution in [0.4, 0.5) is 18.9 Å². The fraction of sp³-hybridized carbons (Fsp3) is 0.467. The standard InChI is InChI=1S/C15H16ClF3N4/c16-14-7-13(21-10-3-1-2-9(17)6-10)11(8-20-14)12-4-5-23(22-12)15(18)19/h4-5,7-10,15H,1-3,6H2,(H,20,21). The van der Waals surface area contributed by atoms with E-state index in [1.807, 2.05) is 0 Å². The first-order valence-corrected chi connectivity index (χ1v) is 7.80. The number of hydrogen-bond donors (Lipinski definition) is 1. The van der Waals surface area contributed by atoms with E-state index in [1.54, 1.807) is 6.07 Å². The largest absolute Gasteiger partial charge is 0.382 e. The Bertz CT molecular complexity index is 676. The van der Waals surface area contributed by atoms with E-state index in [4.69, 9.17) is 11.6 Å². The molecule has 1 aliphatic rings. The smallest absolute Gasteiger partial charge is 0.333 e. The number of pyridine rings is 1. The molecule has 2 unspecified atom stereocenters. The van der Waals surface area contributed by atoms with Gasteiger partial charge >= 0.3 is 6.55 Å². The van der Waals surface area contributed by atoms with Crippen LogP contribution in [-0.4, -0.2) is 27.0 Å². The lowest BCUT2D eigenvalue weighted by Crippen LogP contribution is -2.28. The fourth-order valence-electron chi connectivity index (χ4n) is 2.82. The summed E-state index contributed by atoms with van der Waals surface area (Å²) >= 11 is 5.94. The topological polar surface area (TPSA) is 42.7 Å². The van der Waals surface area contributed by atoms with Gasteiger partial charge in [-0.25, -0.2) is 14.1 Å². The molecule has 0 aliphatic heterocycles. The lowest BCUT2D eigenvalue weighted by molar-refractivity contribution is 0.0568. The van der Waals surface area contributed by atoms with Crippen LogP contribution in [0.2, 0.25) is 5.15 Å². The lowest BCUT2D eigenvalue weighted by atomic mass is 9.93. The molecule has 3 rings (SSSR count). The first kappa shape index (κ1) is 16.1. The van der Waals surface area contributed by atoms with Gasteiger partial charge in [-0.1, -0.05) is 11.6 Å². The molecular weight excluding hydrogens is 329 g/mol. The zero-order chi connectivity index (χ0) is 16.4. The average Bonchev–Trinajstić information content (AvgIpc) is 2.97. The molecule has 4 nitrogen and oxygen atoms in total. The van der Waals surface area contributed by atoms with Gasteiger partial charge in [0.2, 0.25) is 0 Å². The first-order valence-electron chi connectivity index (χ1n) is 7.43. The molecule has 2 aromatic heterocycles. The number of halogens is 4. The highest BCUT2D eigenvalue weighted by Gasteiger charge is 2.23. The minimum absolute atomic E-state index is 0.0202. The van der Waals surface area contributed by atoms with E-state index in [-0.39, 0.29) is 11.2 Å². The number of hydrogen-bond acceptors (Lipinski definition) is 3. The van der Waals surface area contributed by atoms with Crippen molar-refractivity contribution in [1.29, 1.82) is 0 Å². The van der Waals surface area contributed by atoms with Crippen molar-refractivity contribution in [3.8, 4) is 11.3 Å². The molecule has 0 bridgehead atoms. The number of rotatable bonds is 4. The molecule has 2 heterocycles. The second-order valence-electron chi connectivity index (χ2n) is 5.62. The zero-order valence-electron chi connectivity index (χ0n) is 12.2. The van der Waals surface area contributed by atoms with Gasteiger partial charge in [0, 0.05) is 29.7 Å². The fourth-order valence-corrected chi connectivity index (χ4v) is 2.98. The van der Waals surface area contributed by atoms with Crippen LogP contribution in [-0.2, 0) is 0 Å². The van der Waals surface area contributed by atoms with Gasteiger partial charge in [-0.05, 0) is 37.8 Å². The Hall–Kier alpha value is -1.76. The highest BCUT2D eigenvalue weighted by atomic mass is 35.5. The summed E-state index contributed by atoms with van der Waals surface area (Å²) in [4.78, 5) is 3.99. The van der Waals surface area contributed by atoms with E-state index < -0.39 is 12.7 Å². The number of anilines is 1. The molecular formula is C15H16ClF3N4. The molecule has 2 aromatic rings. The Balaban J connectivity index is 1.87. The van der Waals surface area contributed by atoms with Crippen molar-refractivity contribution < 1.29 is 13.2 Å².